The number of alkyl halides is 10. The summed E-state index contributed by atoms with van der Waals surface area (Å²) in [5.74, 6) is -12.2. The number of hydrogen-bond acceptors (Lipinski definition) is 7. The summed E-state index contributed by atoms with van der Waals surface area (Å²) < 4.78 is 163. The van der Waals surface area contributed by atoms with Gasteiger partial charge in [0, 0.05) is 18.2 Å². The molecule has 7 nitrogen and oxygen atoms in total. The van der Waals surface area contributed by atoms with Crippen molar-refractivity contribution in [3.8, 4) is 0 Å². The van der Waals surface area contributed by atoms with Crippen LogP contribution in [0, 0.1) is 5.41 Å². The van der Waals surface area contributed by atoms with Crippen LogP contribution in [0.15, 0.2) is 49.6 Å². The first kappa shape index (κ1) is 34.4. The van der Waals surface area contributed by atoms with Crippen molar-refractivity contribution in [1.82, 2.24) is 0 Å². The average Bonchev–Trinajstić information content (AvgIpc) is 2.80. The van der Waals surface area contributed by atoms with Crippen LogP contribution in [0.25, 0.3) is 0 Å². The van der Waals surface area contributed by atoms with Crippen molar-refractivity contribution in [3.05, 3.63) is 49.6 Å². The maximum atomic E-state index is 14.2. The molecule has 0 aromatic carbocycles. The van der Waals surface area contributed by atoms with Gasteiger partial charge < -0.3 is 18.9 Å². The Morgan fingerprint density at radius 3 is 1.11 bits per heavy atom. The number of hydrogen-bond donors (Lipinski definition) is 0. The SMILES string of the molecule is C=CC(=O)OCC(COC(=O)C=C)(COC(=O)C=C)COC(=C(F)C(F)(C(F)(F)F)C(F)(F)F)C(F)(F)F. The zero-order valence-corrected chi connectivity index (χ0v) is 18.7. The lowest BCUT2D eigenvalue weighted by molar-refractivity contribution is -0.333. The molecule has 216 valence electrons. The van der Waals surface area contributed by atoms with Crippen molar-refractivity contribution in [2.75, 3.05) is 26.4 Å². The molecule has 0 spiro atoms. The van der Waals surface area contributed by atoms with Gasteiger partial charge in [-0.3, -0.25) is 0 Å². The van der Waals surface area contributed by atoms with E-state index in [1.54, 1.807) is 0 Å². The summed E-state index contributed by atoms with van der Waals surface area (Å²) >= 11 is 0. The lowest BCUT2D eigenvalue weighted by atomic mass is 9.92. The molecule has 0 bridgehead atoms. The molecule has 18 heteroatoms. The highest BCUT2D eigenvalue weighted by molar-refractivity contribution is 5.82. The zero-order valence-electron chi connectivity index (χ0n) is 18.7. The van der Waals surface area contributed by atoms with Crippen LogP contribution in [-0.4, -0.2) is 68.5 Å². The van der Waals surface area contributed by atoms with Gasteiger partial charge in [0.15, 0.2) is 0 Å². The highest BCUT2D eigenvalue weighted by atomic mass is 19.4. The Kier molecular flexibility index (Phi) is 11.6. The van der Waals surface area contributed by atoms with Gasteiger partial charge in [0.25, 0.3) is 0 Å². The summed E-state index contributed by atoms with van der Waals surface area (Å²) in [7, 11) is 0. The highest BCUT2D eigenvalue weighted by Crippen LogP contribution is 2.53. The van der Waals surface area contributed by atoms with Gasteiger partial charge in [-0.05, 0) is 0 Å². The predicted octanol–water partition coefficient (Wildman–Crippen LogP) is 4.75. The molecule has 0 aliphatic rings. The number of esters is 3. The number of rotatable bonds is 13. The first-order chi connectivity index (χ1) is 17.1. The van der Waals surface area contributed by atoms with Gasteiger partial charge in [0.1, 0.15) is 31.8 Å². The molecule has 0 aliphatic heterocycles. The van der Waals surface area contributed by atoms with Crippen LogP contribution >= 0.6 is 0 Å². The lowest BCUT2D eigenvalue weighted by Gasteiger charge is -2.33. The van der Waals surface area contributed by atoms with Crippen molar-refractivity contribution >= 4 is 17.9 Å². The Balaban J connectivity index is 6.87. The van der Waals surface area contributed by atoms with Gasteiger partial charge in [-0.2, -0.15) is 39.5 Å². The fraction of sp³-hybridized carbons (Fsp3) is 0.450. The number of carbonyl (C=O) groups excluding carboxylic acids is 3. The third-order valence-corrected chi connectivity index (χ3v) is 4.13. The quantitative estimate of drug-likeness (QED) is 0.103. The molecular weight excluding hydrogens is 561 g/mol. The van der Waals surface area contributed by atoms with Gasteiger partial charge in [0.05, 0.1) is 0 Å². The fourth-order valence-electron chi connectivity index (χ4n) is 2.16. The van der Waals surface area contributed by atoms with Crippen LogP contribution in [0.3, 0.4) is 0 Å². The lowest BCUT2D eigenvalue weighted by Crippen LogP contribution is -2.55. The van der Waals surface area contributed by atoms with E-state index in [0.29, 0.717) is 18.2 Å². The minimum Gasteiger partial charge on any atom is -0.486 e. The molecule has 0 rings (SSSR count). The van der Waals surface area contributed by atoms with Gasteiger partial charge in [-0.25, -0.2) is 23.2 Å². The number of carbonyl (C=O) groups is 3. The zero-order chi connectivity index (χ0) is 30.2. The second kappa shape index (κ2) is 12.8. The van der Waals surface area contributed by atoms with E-state index in [4.69, 9.17) is 0 Å². The van der Waals surface area contributed by atoms with Crippen molar-refractivity contribution in [2.45, 2.75) is 24.2 Å². The monoisotopic (exact) mass is 578 g/mol. The second-order valence-electron chi connectivity index (χ2n) is 7.02. The Hall–Kier alpha value is -3.60. The Morgan fingerprint density at radius 1 is 0.579 bits per heavy atom. The minimum atomic E-state index is -7.29. The van der Waals surface area contributed by atoms with E-state index in [1.165, 1.54) is 0 Å². The van der Waals surface area contributed by atoms with E-state index >= 15 is 0 Å². The Bertz CT molecular complexity index is 873. The molecule has 0 unspecified atom stereocenters. The molecule has 0 N–H and O–H groups in total. The van der Waals surface area contributed by atoms with Gasteiger partial charge >= 0.3 is 42.1 Å². The minimum absolute atomic E-state index is 0.488. The maximum Gasteiger partial charge on any atom is 0.451 e. The molecule has 0 fully saturated rings. The fourth-order valence-corrected chi connectivity index (χ4v) is 2.16. The summed E-state index contributed by atoms with van der Waals surface area (Å²) in [5.41, 5.74) is -9.74. The third-order valence-electron chi connectivity index (χ3n) is 4.13. The first-order valence-electron chi connectivity index (χ1n) is 9.42. The van der Waals surface area contributed by atoms with E-state index in [2.05, 4.69) is 38.7 Å². The second-order valence-corrected chi connectivity index (χ2v) is 7.02. The number of allylic oxidation sites excluding steroid dienone is 2. The van der Waals surface area contributed by atoms with Crippen molar-refractivity contribution < 1.29 is 81.6 Å². The van der Waals surface area contributed by atoms with Crippen LogP contribution in [0.2, 0.25) is 0 Å². The molecule has 0 radical (unpaired) electrons. The highest BCUT2D eigenvalue weighted by Gasteiger charge is 2.77. The molecule has 0 saturated heterocycles. The molecule has 38 heavy (non-hydrogen) atoms. The summed E-state index contributed by atoms with van der Waals surface area (Å²) in [6.45, 7) is 3.16. The Morgan fingerprint density at radius 2 is 0.868 bits per heavy atom. The first-order valence-corrected chi connectivity index (χ1v) is 9.42. The molecule has 0 atom stereocenters. The summed E-state index contributed by atoms with van der Waals surface area (Å²) in [6.07, 6.45) is -19.6. The standard InChI is InChI=1S/C20H17F11O7/c1-4-11(32)35-7-16(8-36-12(33)5-2,9-37-13(34)6-3)10-38-15(18(23,24)25)14(21)17(22,19(26,27)28)20(29,30)31/h4-6H,1-3,7-10H2. The topological polar surface area (TPSA) is 88.1 Å². The van der Waals surface area contributed by atoms with E-state index < -0.39 is 85.5 Å². The van der Waals surface area contributed by atoms with Gasteiger partial charge in [-0.1, -0.05) is 19.7 Å². The average molecular weight is 578 g/mol. The summed E-state index contributed by atoms with van der Waals surface area (Å²) in [6, 6.07) is 0. The molecule has 0 aliphatic carbocycles. The molecule has 0 aromatic heterocycles. The molecule has 0 saturated carbocycles. The van der Waals surface area contributed by atoms with E-state index in [0.717, 1.165) is 0 Å². The molecule has 0 heterocycles. The predicted molar refractivity (Wildman–Crippen MR) is 102 cm³/mol. The molecule has 0 aromatic rings. The van der Waals surface area contributed by atoms with Crippen LogP contribution < -0.4 is 0 Å². The van der Waals surface area contributed by atoms with Crippen LogP contribution in [0.1, 0.15) is 0 Å². The van der Waals surface area contributed by atoms with E-state index in [-0.39, 0.29) is 0 Å². The van der Waals surface area contributed by atoms with Crippen molar-refractivity contribution in [3.63, 3.8) is 0 Å². The van der Waals surface area contributed by atoms with Gasteiger partial charge in [0.2, 0.25) is 11.6 Å². The van der Waals surface area contributed by atoms with E-state index in [1.807, 2.05) is 0 Å². The molecular formula is C20H17F11O7. The van der Waals surface area contributed by atoms with Crippen molar-refractivity contribution in [2.24, 2.45) is 5.41 Å². The third kappa shape index (κ3) is 8.76. The van der Waals surface area contributed by atoms with Gasteiger partial charge in [-0.15, -0.1) is 0 Å². The number of ether oxygens (including phenoxy) is 4. The summed E-state index contributed by atoms with van der Waals surface area (Å²) in [5, 5.41) is 0. The Labute approximate surface area is 206 Å². The molecule has 0 amide bonds. The van der Waals surface area contributed by atoms with E-state index in [9.17, 15) is 62.7 Å². The largest absolute Gasteiger partial charge is 0.486 e. The van der Waals surface area contributed by atoms with Crippen LogP contribution in [-0.2, 0) is 33.3 Å². The maximum absolute atomic E-state index is 14.2. The number of halogens is 11. The van der Waals surface area contributed by atoms with Crippen molar-refractivity contribution in [1.29, 1.82) is 0 Å². The summed E-state index contributed by atoms with van der Waals surface area (Å²) in [4.78, 5) is 34.3. The smallest absolute Gasteiger partial charge is 0.451 e. The van der Waals surface area contributed by atoms with Crippen LogP contribution in [0.5, 0.6) is 0 Å². The van der Waals surface area contributed by atoms with Crippen LogP contribution in [0.4, 0.5) is 48.3 Å². The normalized spacial score (nSPS) is 13.6.